The molecule has 0 unspecified atom stereocenters. The first-order chi connectivity index (χ1) is 10.3. The molecular weight excluding hydrogens is 264 g/mol. The van der Waals surface area contributed by atoms with Crippen molar-refractivity contribution in [1.82, 2.24) is 15.3 Å². The third-order valence-electron chi connectivity index (χ3n) is 4.55. The quantitative estimate of drug-likeness (QED) is 0.894. The van der Waals surface area contributed by atoms with E-state index >= 15 is 0 Å². The maximum Gasteiger partial charge on any atom is 0.270 e. The van der Waals surface area contributed by atoms with Crippen molar-refractivity contribution in [2.75, 3.05) is 5.32 Å². The van der Waals surface area contributed by atoms with Crippen molar-refractivity contribution in [2.24, 2.45) is 0 Å². The number of hydrogen-bond donors (Lipinski definition) is 2. The van der Waals surface area contributed by atoms with Gasteiger partial charge < -0.3 is 10.6 Å². The second-order valence-corrected chi connectivity index (χ2v) is 6.22. The van der Waals surface area contributed by atoms with Crippen LogP contribution in [0.5, 0.6) is 0 Å². The van der Waals surface area contributed by atoms with Crippen molar-refractivity contribution in [3.63, 3.8) is 0 Å². The van der Waals surface area contributed by atoms with Crippen molar-refractivity contribution in [3.8, 4) is 0 Å². The largest absolute Gasteiger partial charge is 0.367 e. The second-order valence-electron chi connectivity index (χ2n) is 6.22. The van der Waals surface area contributed by atoms with Crippen LogP contribution in [-0.4, -0.2) is 28.0 Å². The number of nitrogens with zero attached hydrogens (tertiary/aromatic N) is 2. The Hall–Kier alpha value is -1.65. The van der Waals surface area contributed by atoms with Gasteiger partial charge in [-0.1, -0.05) is 32.1 Å². The highest BCUT2D eigenvalue weighted by molar-refractivity contribution is 5.93. The van der Waals surface area contributed by atoms with Crippen molar-refractivity contribution in [1.29, 1.82) is 0 Å². The lowest BCUT2D eigenvalue weighted by atomic mass is 9.95. The molecule has 2 fully saturated rings. The number of nitrogens with one attached hydrogen (secondary N) is 2. The molecule has 0 aromatic carbocycles. The van der Waals surface area contributed by atoms with E-state index in [-0.39, 0.29) is 5.91 Å². The molecule has 1 aromatic heterocycles. The molecule has 21 heavy (non-hydrogen) atoms. The normalized spacial score (nSPS) is 20.4. The van der Waals surface area contributed by atoms with Crippen LogP contribution in [0.4, 0.5) is 5.82 Å². The topological polar surface area (TPSA) is 66.9 Å². The Morgan fingerprint density at radius 3 is 2.38 bits per heavy atom. The zero-order valence-electron chi connectivity index (χ0n) is 12.5. The predicted octanol–water partition coefficient (Wildman–Crippen LogP) is 2.89. The van der Waals surface area contributed by atoms with E-state index < -0.39 is 0 Å². The van der Waals surface area contributed by atoms with Gasteiger partial charge in [0.05, 0.1) is 0 Å². The highest BCUT2D eigenvalue weighted by Gasteiger charge is 2.19. The van der Waals surface area contributed by atoms with Crippen LogP contribution >= 0.6 is 0 Å². The molecule has 1 amide bonds. The van der Waals surface area contributed by atoms with Gasteiger partial charge in [-0.2, -0.15) is 0 Å². The summed E-state index contributed by atoms with van der Waals surface area (Å²) < 4.78 is 0. The molecule has 1 aromatic rings. The lowest BCUT2D eigenvalue weighted by Gasteiger charge is -2.23. The predicted molar refractivity (Wildman–Crippen MR) is 82.2 cm³/mol. The lowest BCUT2D eigenvalue weighted by molar-refractivity contribution is 0.0932. The molecule has 2 aliphatic carbocycles. The Morgan fingerprint density at radius 1 is 0.952 bits per heavy atom. The number of hydrogen-bond acceptors (Lipinski definition) is 4. The van der Waals surface area contributed by atoms with E-state index in [9.17, 15) is 4.79 Å². The highest BCUT2D eigenvalue weighted by atomic mass is 16.1. The molecule has 0 radical (unpaired) electrons. The minimum atomic E-state index is -0.0732. The van der Waals surface area contributed by atoms with Gasteiger partial charge in [0.2, 0.25) is 0 Å². The summed E-state index contributed by atoms with van der Waals surface area (Å²) in [7, 11) is 0. The Bertz CT molecular complexity index is 479. The van der Waals surface area contributed by atoms with Gasteiger partial charge in [0.25, 0.3) is 5.91 Å². The maximum absolute atomic E-state index is 12.2. The van der Waals surface area contributed by atoms with E-state index in [1.807, 2.05) is 0 Å². The summed E-state index contributed by atoms with van der Waals surface area (Å²) in [5.74, 6) is 0.699. The van der Waals surface area contributed by atoms with Crippen molar-refractivity contribution < 1.29 is 4.79 Å². The number of carbonyl (C=O) groups is 1. The summed E-state index contributed by atoms with van der Waals surface area (Å²) in [6, 6.07) is 2.58. The van der Waals surface area contributed by atoms with Crippen LogP contribution in [0, 0.1) is 0 Å². The molecule has 3 rings (SSSR count). The molecule has 1 heterocycles. The minimum absolute atomic E-state index is 0.0732. The number of amides is 1. The fourth-order valence-electron chi connectivity index (χ4n) is 3.35. The molecule has 0 spiro atoms. The van der Waals surface area contributed by atoms with Crippen LogP contribution < -0.4 is 10.6 Å². The molecule has 0 saturated heterocycles. The van der Waals surface area contributed by atoms with Crippen LogP contribution in [0.25, 0.3) is 0 Å². The minimum Gasteiger partial charge on any atom is -0.367 e. The molecule has 2 saturated carbocycles. The molecule has 2 N–H and O–H groups in total. The Morgan fingerprint density at radius 2 is 1.62 bits per heavy atom. The van der Waals surface area contributed by atoms with E-state index in [1.54, 1.807) is 6.07 Å². The summed E-state index contributed by atoms with van der Waals surface area (Å²) >= 11 is 0. The van der Waals surface area contributed by atoms with E-state index in [0.717, 1.165) is 18.7 Å². The fourth-order valence-corrected chi connectivity index (χ4v) is 3.35. The van der Waals surface area contributed by atoms with Crippen molar-refractivity contribution >= 4 is 11.7 Å². The average Bonchev–Trinajstić information content (AvgIpc) is 3.01. The molecule has 0 aliphatic heterocycles. The number of anilines is 1. The maximum atomic E-state index is 12.2. The summed E-state index contributed by atoms with van der Waals surface area (Å²) in [6.45, 7) is 0. The average molecular weight is 288 g/mol. The van der Waals surface area contributed by atoms with Gasteiger partial charge in [-0.25, -0.2) is 9.97 Å². The first kappa shape index (κ1) is 14.3. The summed E-state index contributed by atoms with van der Waals surface area (Å²) in [5, 5.41) is 6.51. The summed E-state index contributed by atoms with van der Waals surface area (Å²) in [6.07, 6.45) is 12.3. The molecule has 0 atom stereocenters. The second kappa shape index (κ2) is 6.87. The van der Waals surface area contributed by atoms with E-state index in [2.05, 4.69) is 20.6 Å². The zero-order valence-corrected chi connectivity index (χ0v) is 12.5. The molecule has 5 heteroatoms. The van der Waals surface area contributed by atoms with Gasteiger partial charge in [0, 0.05) is 18.2 Å². The van der Waals surface area contributed by atoms with Crippen LogP contribution in [-0.2, 0) is 0 Å². The Labute approximate surface area is 125 Å². The van der Waals surface area contributed by atoms with Gasteiger partial charge in [-0.05, 0) is 25.7 Å². The smallest absolute Gasteiger partial charge is 0.270 e. The first-order valence-electron chi connectivity index (χ1n) is 8.21. The van der Waals surface area contributed by atoms with Gasteiger partial charge in [0.1, 0.15) is 17.8 Å². The summed E-state index contributed by atoms with van der Waals surface area (Å²) in [5.41, 5.74) is 0.468. The number of carbonyl (C=O) groups excluding carboxylic acids is 1. The molecule has 2 aliphatic rings. The Balaban J connectivity index is 1.60. The van der Waals surface area contributed by atoms with Gasteiger partial charge in [-0.15, -0.1) is 0 Å². The lowest BCUT2D eigenvalue weighted by Crippen LogP contribution is -2.33. The zero-order chi connectivity index (χ0) is 14.5. The summed E-state index contributed by atoms with van der Waals surface area (Å²) in [4.78, 5) is 20.6. The SMILES string of the molecule is O=C(NC1CCCC1)c1cc(NC2CCCCC2)ncn1. The van der Waals surface area contributed by atoms with Crippen molar-refractivity contribution in [2.45, 2.75) is 69.9 Å². The van der Waals surface area contributed by atoms with Crippen LogP contribution in [0.2, 0.25) is 0 Å². The molecular formula is C16H24N4O. The number of rotatable bonds is 4. The fraction of sp³-hybridized carbons (Fsp3) is 0.688. The van der Waals surface area contributed by atoms with E-state index in [0.29, 0.717) is 17.8 Å². The van der Waals surface area contributed by atoms with Gasteiger partial charge in [-0.3, -0.25) is 4.79 Å². The molecule has 0 bridgehead atoms. The van der Waals surface area contributed by atoms with Gasteiger partial charge >= 0.3 is 0 Å². The van der Waals surface area contributed by atoms with Crippen LogP contribution in [0.15, 0.2) is 12.4 Å². The van der Waals surface area contributed by atoms with E-state index in [1.165, 1.54) is 51.3 Å². The van der Waals surface area contributed by atoms with Gasteiger partial charge in [0.15, 0.2) is 0 Å². The molecule has 5 nitrogen and oxygen atoms in total. The van der Waals surface area contributed by atoms with Crippen molar-refractivity contribution in [3.05, 3.63) is 18.1 Å². The standard InChI is InChI=1S/C16H24N4O/c21-16(20-13-8-4-5-9-13)14-10-15(18-11-17-14)19-12-6-2-1-3-7-12/h10-13H,1-9H2,(H,20,21)(H,17,18,19). The number of aromatic nitrogens is 2. The third-order valence-corrected chi connectivity index (χ3v) is 4.55. The first-order valence-corrected chi connectivity index (χ1v) is 8.21. The third kappa shape index (κ3) is 3.93. The highest BCUT2D eigenvalue weighted by Crippen LogP contribution is 2.21. The van der Waals surface area contributed by atoms with Crippen LogP contribution in [0.1, 0.15) is 68.3 Å². The van der Waals surface area contributed by atoms with E-state index in [4.69, 9.17) is 0 Å². The monoisotopic (exact) mass is 288 g/mol. The van der Waals surface area contributed by atoms with Crippen LogP contribution in [0.3, 0.4) is 0 Å². The Kier molecular flexibility index (Phi) is 4.68. The molecule has 114 valence electrons.